The maximum absolute atomic E-state index is 13.7. The van der Waals surface area contributed by atoms with Crippen LogP contribution in [0.5, 0.6) is 0 Å². The van der Waals surface area contributed by atoms with Crippen molar-refractivity contribution in [2.45, 2.75) is 25.3 Å². The first-order chi connectivity index (χ1) is 11.3. The Balaban J connectivity index is 1.41. The van der Waals surface area contributed by atoms with Crippen molar-refractivity contribution in [2.75, 3.05) is 13.1 Å². The molecule has 4 nitrogen and oxygen atoms in total. The van der Waals surface area contributed by atoms with E-state index >= 15 is 0 Å². The Kier molecular flexibility index (Phi) is 3.79. The molecule has 0 aliphatic carbocycles. The van der Waals surface area contributed by atoms with Gasteiger partial charge in [-0.3, -0.25) is 9.88 Å². The van der Waals surface area contributed by atoms with Gasteiger partial charge in [-0.15, -0.1) is 0 Å². The van der Waals surface area contributed by atoms with Crippen molar-refractivity contribution in [1.29, 1.82) is 0 Å². The molecule has 0 saturated carbocycles. The number of pyridine rings is 1. The standard InChI is InChI=1S/C18H19FN4/c19-15-11-20-8-5-14(15)12-23-9-6-13(7-10-23)18-21-16-3-1-2-4-17(16)22-18/h1-5,8,11,13H,6-7,9-10,12H2,(H,21,22). The highest BCUT2D eigenvalue weighted by Crippen LogP contribution is 2.28. The number of nitrogens with zero attached hydrogens (tertiary/aromatic N) is 3. The number of hydrogen-bond donors (Lipinski definition) is 1. The highest BCUT2D eigenvalue weighted by atomic mass is 19.1. The van der Waals surface area contributed by atoms with E-state index in [2.05, 4.69) is 20.9 Å². The van der Waals surface area contributed by atoms with Gasteiger partial charge in [0.2, 0.25) is 0 Å². The summed E-state index contributed by atoms with van der Waals surface area (Å²) < 4.78 is 13.7. The highest BCUT2D eigenvalue weighted by molar-refractivity contribution is 5.74. The van der Waals surface area contributed by atoms with E-state index in [1.54, 1.807) is 12.3 Å². The third-order valence-corrected chi connectivity index (χ3v) is 4.63. The van der Waals surface area contributed by atoms with Crippen LogP contribution in [0.25, 0.3) is 11.0 Å². The van der Waals surface area contributed by atoms with Crippen LogP contribution in [0.2, 0.25) is 0 Å². The lowest BCUT2D eigenvalue weighted by molar-refractivity contribution is 0.200. The number of nitrogens with one attached hydrogen (secondary N) is 1. The molecule has 0 spiro atoms. The van der Waals surface area contributed by atoms with E-state index in [-0.39, 0.29) is 5.82 Å². The Morgan fingerprint density at radius 2 is 2.00 bits per heavy atom. The second-order valence-electron chi connectivity index (χ2n) is 6.16. The van der Waals surface area contributed by atoms with Crippen LogP contribution < -0.4 is 0 Å². The number of piperidine rings is 1. The van der Waals surface area contributed by atoms with Crippen molar-refractivity contribution in [3.05, 3.63) is 59.9 Å². The molecule has 0 radical (unpaired) electrons. The molecule has 1 saturated heterocycles. The largest absolute Gasteiger partial charge is 0.342 e. The Morgan fingerprint density at radius 3 is 2.78 bits per heavy atom. The first kappa shape index (κ1) is 14.3. The first-order valence-electron chi connectivity index (χ1n) is 8.05. The summed E-state index contributed by atoms with van der Waals surface area (Å²) in [5, 5.41) is 0. The van der Waals surface area contributed by atoms with E-state index in [1.165, 1.54) is 6.20 Å². The maximum Gasteiger partial charge on any atom is 0.145 e. The summed E-state index contributed by atoms with van der Waals surface area (Å²) >= 11 is 0. The second-order valence-corrected chi connectivity index (χ2v) is 6.16. The predicted molar refractivity (Wildman–Crippen MR) is 87.5 cm³/mol. The minimum atomic E-state index is -0.216. The van der Waals surface area contributed by atoms with Crippen LogP contribution >= 0.6 is 0 Å². The number of rotatable bonds is 3. The Hall–Kier alpha value is -2.27. The SMILES string of the molecule is Fc1cnccc1CN1CCC(c2nc3ccccc3[nH]2)CC1. The zero-order valence-electron chi connectivity index (χ0n) is 12.9. The molecule has 4 rings (SSSR count). The molecular formula is C18H19FN4. The average Bonchev–Trinajstić information content (AvgIpc) is 3.02. The van der Waals surface area contributed by atoms with E-state index in [9.17, 15) is 4.39 Å². The Morgan fingerprint density at radius 1 is 1.17 bits per heavy atom. The zero-order chi connectivity index (χ0) is 15.6. The summed E-state index contributed by atoms with van der Waals surface area (Å²) in [4.78, 5) is 14.3. The molecule has 3 aromatic rings. The number of benzene rings is 1. The third-order valence-electron chi connectivity index (χ3n) is 4.63. The molecule has 2 aromatic heterocycles. The summed E-state index contributed by atoms with van der Waals surface area (Å²) in [6, 6.07) is 9.90. The van der Waals surface area contributed by atoms with Gasteiger partial charge >= 0.3 is 0 Å². The quantitative estimate of drug-likeness (QED) is 0.805. The molecule has 0 atom stereocenters. The molecule has 23 heavy (non-hydrogen) atoms. The molecule has 118 valence electrons. The van der Waals surface area contributed by atoms with Crippen LogP contribution in [0.1, 0.15) is 30.1 Å². The van der Waals surface area contributed by atoms with Gasteiger partial charge in [-0.25, -0.2) is 9.37 Å². The molecular weight excluding hydrogens is 291 g/mol. The van der Waals surface area contributed by atoms with E-state index in [0.717, 1.165) is 48.4 Å². The van der Waals surface area contributed by atoms with Gasteiger partial charge < -0.3 is 4.98 Å². The predicted octanol–water partition coefficient (Wildman–Crippen LogP) is 3.48. The normalized spacial score (nSPS) is 16.9. The zero-order valence-corrected chi connectivity index (χ0v) is 12.9. The van der Waals surface area contributed by atoms with E-state index in [4.69, 9.17) is 4.98 Å². The number of aromatic amines is 1. The average molecular weight is 310 g/mol. The fourth-order valence-electron chi connectivity index (χ4n) is 3.30. The van der Waals surface area contributed by atoms with Crippen molar-refractivity contribution < 1.29 is 4.39 Å². The summed E-state index contributed by atoms with van der Waals surface area (Å²) in [7, 11) is 0. The fourth-order valence-corrected chi connectivity index (χ4v) is 3.30. The number of halogens is 1. The van der Waals surface area contributed by atoms with E-state index in [1.807, 2.05) is 18.2 Å². The van der Waals surface area contributed by atoms with Crippen LogP contribution in [-0.2, 0) is 6.54 Å². The minimum Gasteiger partial charge on any atom is -0.342 e. The summed E-state index contributed by atoms with van der Waals surface area (Å²) in [5.74, 6) is 1.33. The van der Waals surface area contributed by atoms with Crippen LogP contribution in [0, 0.1) is 5.82 Å². The first-order valence-corrected chi connectivity index (χ1v) is 8.05. The van der Waals surface area contributed by atoms with Crippen LogP contribution in [0.4, 0.5) is 4.39 Å². The number of aromatic nitrogens is 3. The molecule has 5 heteroatoms. The van der Waals surface area contributed by atoms with Gasteiger partial charge in [0.15, 0.2) is 0 Å². The van der Waals surface area contributed by atoms with Gasteiger partial charge in [-0.1, -0.05) is 12.1 Å². The topological polar surface area (TPSA) is 44.8 Å². The number of hydrogen-bond acceptors (Lipinski definition) is 3. The molecule has 3 heterocycles. The summed E-state index contributed by atoms with van der Waals surface area (Å²) in [5.41, 5.74) is 2.86. The van der Waals surface area contributed by atoms with Crippen LogP contribution in [-0.4, -0.2) is 32.9 Å². The number of likely N-dealkylation sites (tertiary alicyclic amines) is 1. The van der Waals surface area contributed by atoms with Gasteiger partial charge in [-0.05, 0) is 44.1 Å². The number of imidazole rings is 1. The number of para-hydroxylation sites is 2. The van der Waals surface area contributed by atoms with Crippen molar-refractivity contribution in [3.63, 3.8) is 0 Å². The fraction of sp³-hybridized carbons (Fsp3) is 0.333. The Labute approximate surface area is 134 Å². The molecule has 0 unspecified atom stereocenters. The highest BCUT2D eigenvalue weighted by Gasteiger charge is 2.23. The molecule has 1 N–H and O–H groups in total. The molecule has 1 aliphatic rings. The third kappa shape index (κ3) is 2.97. The van der Waals surface area contributed by atoms with Gasteiger partial charge in [0.25, 0.3) is 0 Å². The number of H-pyrrole nitrogens is 1. The van der Waals surface area contributed by atoms with Gasteiger partial charge in [0.05, 0.1) is 17.2 Å². The number of fused-ring (bicyclic) bond motifs is 1. The van der Waals surface area contributed by atoms with Gasteiger partial charge in [0.1, 0.15) is 11.6 Å². The molecule has 0 amide bonds. The van der Waals surface area contributed by atoms with Crippen molar-refractivity contribution in [2.24, 2.45) is 0 Å². The summed E-state index contributed by atoms with van der Waals surface area (Å²) in [6.45, 7) is 2.58. The van der Waals surface area contributed by atoms with Crippen LogP contribution in [0.15, 0.2) is 42.7 Å². The van der Waals surface area contributed by atoms with Crippen molar-refractivity contribution in [1.82, 2.24) is 19.9 Å². The lowest BCUT2D eigenvalue weighted by Crippen LogP contribution is -2.33. The van der Waals surface area contributed by atoms with E-state index < -0.39 is 0 Å². The molecule has 0 bridgehead atoms. The van der Waals surface area contributed by atoms with Gasteiger partial charge in [-0.2, -0.15) is 0 Å². The summed E-state index contributed by atoms with van der Waals surface area (Å²) in [6.07, 6.45) is 5.04. The van der Waals surface area contributed by atoms with Crippen LogP contribution in [0.3, 0.4) is 0 Å². The molecule has 1 aliphatic heterocycles. The minimum absolute atomic E-state index is 0.216. The lowest BCUT2D eigenvalue weighted by atomic mass is 9.96. The molecule has 1 aromatic carbocycles. The maximum atomic E-state index is 13.7. The molecule has 1 fully saturated rings. The van der Waals surface area contributed by atoms with E-state index in [0.29, 0.717) is 12.5 Å². The lowest BCUT2D eigenvalue weighted by Gasteiger charge is -2.31. The van der Waals surface area contributed by atoms with Gasteiger partial charge in [0, 0.05) is 24.2 Å². The monoisotopic (exact) mass is 310 g/mol. The smallest absolute Gasteiger partial charge is 0.145 e. The Bertz CT molecular complexity index is 772. The second kappa shape index (κ2) is 6.08. The van der Waals surface area contributed by atoms with Crippen molar-refractivity contribution in [3.8, 4) is 0 Å². The van der Waals surface area contributed by atoms with Crippen molar-refractivity contribution >= 4 is 11.0 Å².